The van der Waals surface area contributed by atoms with Crippen LogP contribution >= 0.6 is 0 Å². The molecule has 2 rings (SSSR count). The van der Waals surface area contributed by atoms with Gasteiger partial charge >= 0.3 is 17.9 Å². The predicted octanol–water partition coefficient (Wildman–Crippen LogP) is 0.859. The van der Waals surface area contributed by atoms with E-state index in [4.69, 9.17) is 23.7 Å². The fraction of sp³-hybridized carbons (Fsp3) is 0.524. The lowest BCUT2D eigenvalue weighted by Gasteiger charge is -2.44. The largest absolute Gasteiger partial charge is 0.463 e. The van der Waals surface area contributed by atoms with Gasteiger partial charge in [0, 0.05) is 27.7 Å². The summed E-state index contributed by atoms with van der Waals surface area (Å²) in [6.07, 6.45) is -4.36. The van der Waals surface area contributed by atoms with Crippen LogP contribution in [0.5, 0.6) is 0 Å². The Morgan fingerprint density at radius 2 is 1.52 bits per heavy atom. The molecule has 1 aromatic carbocycles. The van der Waals surface area contributed by atoms with Crippen LogP contribution in [0, 0.1) is 0 Å². The Labute approximate surface area is 180 Å². The van der Waals surface area contributed by atoms with Gasteiger partial charge in [-0.15, -0.1) is 0 Å². The minimum atomic E-state index is -1.14. The van der Waals surface area contributed by atoms with Crippen LogP contribution in [0.25, 0.3) is 0 Å². The van der Waals surface area contributed by atoms with Crippen molar-refractivity contribution in [2.24, 2.45) is 0 Å². The molecular formula is C21H27NO9. The van der Waals surface area contributed by atoms with E-state index < -0.39 is 54.5 Å². The summed E-state index contributed by atoms with van der Waals surface area (Å²) >= 11 is 0. The fourth-order valence-electron chi connectivity index (χ4n) is 3.19. The average Bonchev–Trinajstić information content (AvgIpc) is 2.68. The Morgan fingerprint density at radius 3 is 2.06 bits per heavy atom. The Hall–Kier alpha value is -2.98. The van der Waals surface area contributed by atoms with Crippen molar-refractivity contribution in [3.05, 3.63) is 35.9 Å². The number of rotatable bonds is 8. The summed E-state index contributed by atoms with van der Waals surface area (Å²) in [5.41, 5.74) is 0.843. The van der Waals surface area contributed by atoms with Crippen LogP contribution in [0.3, 0.4) is 0 Å². The van der Waals surface area contributed by atoms with Gasteiger partial charge in [-0.05, 0) is 5.56 Å². The standard InChI is InChI=1S/C21H27NO9/c1-12(23)22-18-20(30-15(4)26)19(29-14(3)25)17(11-27-13(2)24)31-21(18)28-10-16-8-6-5-7-9-16/h5-9,17-21H,10-11H2,1-4H3,(H,22,23)/t17?,18-,19-,20-,21+/m0/s1. The van der Waals surface area contributed by atoms with Gasteiger partial charge in [-0.1, -0.05) is 30.3 Å². The first-order valence-corrected chi connectivity index (χ1v) is 9.73. The van der Waals surface area contributed by atoms with E-state index in [9.17, 15) is 19.2 Å². The summed E-state index contributed by atoms with van der Waals surface area (Å²) in [5, 5.41) is 2.65. The predicted molar refractivity (Wildman–Crippen MR) is 105 cm³/mol. The van der Waals surface area contributed by atoms with Gasteiger partial charge in [0.2, 0.25) is 5.91 Å². The van der Waals surface area contributed by atoms with Crippen LogP contribution < -0.4 is 5.32 Å². The molecular weight excluding hydrogens is 410 g/mol. The normalized spacial score (nSPS) is 25.2. The second-order valence-corrected chi connectivity index (χ2v) is 7.02. The number of esters is 3. The van der Waals surface area contributed by atoms with Crippen molar-refractivity contribution in [3.8, 4) is 0 Å². The lowest BCUT2D eigenvalue weighted by Crippen LogP contribution is -2.66. The number of ether oxygens (including phenoxy) is 5. The topological polar surface area (TPSA) is 126 Å². The van der Waals surface area contributed by atoms with Crippen LogP contribution in [0.2, 0.25) is 0 Å². The van der Waals surface area contributed by atoms with Crippen LogP contribution in [0.1, 0.15) is 33.3 Å². The molecule has 0 aromatic heterocycles. The van der Waals surface area contributed by atoms with Crippen molar-refractivity contribution in [2.45, 2.75) is 64.9 Å². The molecule has 1 unspecified atom stereocenters. The molecule has 0 radical (unpaired) electrons. The molecule has 10 nitrogen and oxygen atoms in total. The lowest BCUT2D eigenvalue weighted by molar-refractivity contribution is -0.280. The summed E-state index contributed by atoms with van der Waals surface area (Å²) in [6, 6.07) is 8.25. The fourth-order valence-corrected chi connectivity index (χ4v) is 3.19. The molecule has 1 aromatic rings. The molecule has 0 spiro atoms. The zero-order chi connectivity index (χ0) is 23.0. The highest BCUT2D eigenvalue weighted by Crippen LogP contribution is 2.28. The summed E-state index contributed by atoms with van der Waals surface area (Å²) < 4.78 is 27.6. The van der Waals surface area contributed by atoms with Crippen LogP contribution in [0.15, 0.2) is 30.3 Å². The van der Waals surface area contributed by atoms with Crippen molar-refractivity contribution in [1.29, 1.82) is 0 Å². The number of carbonyl (C=O) groups is 4. The molecule has 10 heteroatoms. The number of nitrogens with one attached hydrogen (secondary N) is 1. The van der Waals surface area contributed by atoms with Crippen molar-refractivity contribution >= 4 is 23.8 Å². The molecule has 1 N–H and O–H groups in total. The molecule has 1 heterocycles. The SMILES string of the molecule is CC(=O)N[C@@H]1[C@H](OCc2ccccc2)OC(COC(C)=O)[C@H](OC(C)=O)[C@H]1OC(C)=O. The van der Waals surface area contributed by atoms with Gasteiger partial charge in [-0.2, -0.15) is 0 Å². The van der Waals surface area contributed by atoms with Gasteiger partial charge in [0.05, 0.1) is 6.61 Å². The quantitative estimate of drug-likeness (QED) is 0.465. The maximum Gasteiger partial charge on any atom is 0.303 e. The summed E-state index contributed by atoms with van der Waals surface area (Å²) in [6.45, 7) is 4.72. The first-order chi connectivity index (χ1) is 14.7. The second kappa shape index (κ2) is 11.4. The van der Waals surface area contributed by atoms with Crippen LogP contribution in [0.4, 0.5) is 0 Å². The van der Waals surface area contributed by atoms with Crippen molar-refractivity contribution in [1.82, 2.24) is 5.32 Å². The molecule has 1 amide bonds. The zero-order valence-corrected chi connectivity index (χ0v) is 17.9. The third-order valence-electron chi connectivity index (χ3n) is 4.33. The van der Waals surface area contributed by atoms with E-state index in [1.165, 1.54) is 27.7 Å². The average molecular weight is 437 g/mol. The Kier molecular flexibility index (Phi) is 8.95. The van der Waals surface area contributed by atoms with Crippen molar-refractivity contribution in [2.75, 3.05) is 6.61 Å². The Bertz CT molecular complexity index is 782. The smallest absolute Gasteiger partial charge is 0.303 e. The number of carbonyl (C=O) groups excluding carboxylic acids is 4. The minimum Gasteiger partial charge on any atom is -0.463 e. The molecule has 31 heavy (non-hydrogen) atoms. The Morgan fingerprint density at radius 1 is 0.903 bits per heavy atom. The molecule has 1 fully saturated rings. The highest BCUT2D eigenvalue weighted by molar-refractivity contribution is 5.73. The highest BCUT2D eigenvalue weighted by atomic mass is 16.7. The third-order valence-corrected chi connectivity index (χ3v) is 4.33. The minimum absolute atomic E-state index is 0.132. The molecule has 0 bridgehead atoms. The summed E-state index contributed by atoms with van der Waals surface area (Å²) in [5.74, 6) is -2.32. The molecule has 1 aliphatic heterocycles. The summed E-state index contributed by atoms with van der Waals surface area (Å²) in [4.78, 5) is 46.7. The van der Waals surface area contributed by atoms with Gasteiger partial charge < -0.3 is 29.0 Å². The van der Waals surface area contributed by atoms with E-state index in [2.05, 4.69) is 5.32 Å². The van der Waals surface area contributed by atoms with Gasteiger partial charge in [-0.25, -0.2) is 0 Å². The van der Waals surface area contributed by atoms with E-state index in [1.54, 1.807) is 0 Å². The van der Waals surface area contributed by atoms with Gasteiger partial charge in [-0.3, -0.25) is 19.2 Å². The molecule has 5 atom stereocenters. The van der Waals surface area contributed by atoms with E-state index in [1.807, 2.05) is 30.3 Å². The third kappa shape index (κ3) is 7.65. The van der Waals surface area contributed by atoms with Crippen molar-refractivity contribution < 1.29 is 42.9 Å². The molecule has 1 saturated heterocycles. The van der Waals surface area contributed by atoms with Gasteiger partial charge in [0.1, 0.15) is 18.8 Å². The van der Waals surface area contributed by atoms with E-state index >= 15 is 0 Å². The lowest BCUT2D eigenvalue weighted by atomic mass is 9.96. The zero-order valence-electron chi connectivity index (χ0n) is 17.9. The highest BCUT2D eigenvalue weighted by Gasteiger charge is 2.51. The number of benzene rings is 1. The van der Waals surface area contributed by atoms with E-state index in [-0.39, 0.29) is 13.2 Å². The van der Waals surface area contributed by atoms with Crippen LogP contribution in [-0.4, -0.2) is 61.1 Å². The number of hydrogen-bond acceptors (Lipinski definition) is 9. The monoisotopic (exact) mass is 437 g/mol. The maximum atomic E-state index is 11.8. The first kappa shape index (κ1) is 24.3. The molecule has 0 aliphatic carbocycles. The van der Waals surface area contributed by atoms with Gasteiger partial charge in [0.25, 0.3) is 0 Å². The maximum absolute atomic E-state index is 11.8. The first-order valence-electron chi connectivity index (χ1n) is 9.73. The number of hydrogen-bond donors (Lipinski definition) is 1. The van der Waals surface area contributed by atoms with E-state index in [0.717, 1.165) is 5.56 Å². The Balaban J connectivity index is 2.35. The van der Waals surface area contributed by atoms with Crippen molar-refractivity contribution in [3.63, 3.8) is 0 Å². The molecule has 1 aliphatic rings. The van der Waals surface area contributed by atoms with Crippen LogP contribution in [-0.2, 0) is 49.5 Å². The molecule has 0 saturated carbocycles. The number of amides is 1. The molecule has 170 valence electrons. The van der Waals surface area contributed by atoms with E-state index in [0.29, 0.717) is 0 Å². The second-order valence-electron chi connectivity index (χ2n) is 7.02. The summed E-state index contributed by atoms with van der Waals surface area (Å²) in [7, 11) is 0. The van der Waals surface area contributed by atoms with Gasteiger partial charge in [0.15, 0.2) is 18.5 Å².